The zero-order chi connectivity index (χ0) is 17.7. The van der Waals surface area contributed by atoms with E-state index in [0.29, 0.717) is 12.2 Å². The highest BCUT2D eigenvalue weighted by molar-refractivity contribution is 6.45. The molecule has 0 bridgehead atoms. The molecule has 0 N–H and O–H groups in total. The van der Waals surface area contributed by atoms with Crippen LogP contribution in [0.15, 0.2) is 24.4 Å². The Bertz CT molecular complexity index is 759. The van der Waals surface area contributed by atoms with Crippen LogP contribution < -0.4 is 4.74 Å². The van der Waals surface area contributed by atoms with E-state index in [-0.39, 0.29) is 40.4 Å². The third-order valence-corrected chi connectivity index (χ3v) is 4.06. The lowest BCUT2D eigenvalue weighted by atomic mass is 10.1. The smallest absolute Gasteiger partial charge is 0.344 e. The summed E-state index contributed by atoms with van der Waals surface area (Å²) in [6.45, 7) is 4.10. The summed E-state index contributed by atoms with van der Waals surface area (Å²) in [5.41, 5.74) is 0.649. The Morgan fingerprint density at radius 2 is 1.92 bits per heavy atom. The number of hydrogen-bond acceptors (Lipinski definition) is 5. The number of hydrogen-bond donors (Lipinski definition) is 0. The third-order valence-electron chi connectivity index (χ3n) is 3.19. The molecule has 0 atom stereocenters. The van der Waals surface area contributed by atoms with Gasteiger partial charge >= 0.3 is 5.97 Å². The van der Waals surface area contributed by atoms with E-state index in [2.05, 4.69) is 5.10 Å². The molecule has 2 aromatic rings. The van der Waals surface area contributed by atoms with E-state index in [9.17, 15) is 9.59 Å². The molecule has 0 saturated heterocycles. The van der Waals surface area contributed by atoms with Gasteiger partial charge in [0.1, 0.15) is 16.5 Å². The standard InChI is InChI=1S/C16H16Cl2N2O4/c1-3-20-11(7-8-19-20)16(22)10-5-6-12(15(18)14(10)17)24-9-13(21)23-4-2/h5-8H,3-4,9H2,1-2H3. The summed E-state index contributed by atoms with van der Waals surface area (Å²) in [5.74, 6) is -0.606. The molecule has 128 valence electrons. The molecule has 0 aliphatic carbocycles. The monoisotopic (exact) mass is 370 g/mol. The number of rotatable bonds is 7. The second kappa shape index (κ2) is 8.17. The van der Waals surface area contributed by atoms with Crippen LogP contribution in [0.3, 0.4) is 0 Å². The molecule has 2 rings (SSSR count). The van der Waals surface area contributed by atoms with Crippen LogP contribution in [-0.2, 0) is 16.1 Å². The van der Waals surface area contributed by atoms with Crippen LogP contribution in [0.5, 0.6) is 5.75 Å². The average Bonchev–Trinajstić information content (AvgIpc) is 3.04. The fraction of sp³-hybridized carbons (Fsp3) is 0.312. The molecule has 0 amide bonds. The Kier molecular flexibility index (Phi) is 6.23. The fourth-order valence-corrected chi connectivity index (χ4v) is 2.53. The molecular formula is C16H16Cl2N2O4. The van der Waals surface area contributed by atoms with E-state index in [1.165, 1.54) is 12.1 Å². The number of carbonyl (C=O) groups is 2. The molecule has 0 aliphatic rings. The molecule has 0 unspecified atom stereocenters. The largest absolute Gasteiger partial charge is 0.480 e. The van der Waals surface area contributed by atoms with Gasteiger partial charge < -0.3 is 9.47 Å². The van der Waals surface area contributed by atoms with E-state index >= 15 is 0 Å². The van der Waals surface area contributed by atoms with Crippen LogP contribution in [0.25, 0.3) is 0 Å². The second-order valence-corrected chi connectivity index (χ2v) is 5.45. The van der Waals surface area contributed by atoms with Gasteiger partial charge in [0, 0.05) is 18.3 Å². The van der Waals surface area contributed by atoms with Gasteiger partial charge in [-0.3, -0.25) is 9.48 Å². The Labute approximate surface area is 149 Å². The summed E-state index contributed by atoms with van der Waals surface area (Å²) in [6, 6.07) is 4.61. The summed E-state index contributed by atoms with van der Waals surface area (Å²) in [5, 5.41) is 4.19. The Morgan fingerprint density at radius 1 is 1.17 bits per heavy atom. The van der Waals surface area contributed by atoms with Crippen molar-refractivity contribution in [3.8, 4) is 5.75 Å². The first-order valence-corrected chi connectivity index (χ1v) is 8.08. The van der Waals surface area contributed by atoms with Crippen LogP contribution in [0.4, 0.5) is 0 Å². The van der Waals surface area contributed by atoms with E-state index < -0.39 is 5.97 Å². The Morgan fingerprint density at radius 3 is 2.58 bits per heavy atom. The van der Waals surface area contributed by atoms with Gasteiger partial charge in [0.2, 0.25) is 5.78 Å². The van der Waals surface area contributed by atoms with Gasteiger partial charge in [0.05, 0.1) is 11.6 Å². The summed E-state index contributed by atoms with van der Waals surface area (Å²) < 4.78 is 11.6. The van der Waals surface area contributed by atoms with Crippen molar-refractivity contribution in [1.82, 2.24) is 9.78 Å². The van der Waals surface area contributed by atoms with Gasteiger partial charge in [0.25, 0.3) is 0 Å². The highest BCUT2D eigenvalue weighted by Gasteiger charge is 2.21. The highest BCUT2D eigenvalue weighted by Crippen LogP contribution is 2.35. The minimum atomic E-state index is -0.517. The third kappa shape index (κ3) is 3.88. The normalized spacial score (nSPS) is 10.5. The topological polar surface area (TPSA) is 70.4 Å². The van der Waals surface area contributed by atoms with Crippen LogP contribution in [0.2, 0.25) is 10.0 Å². The number of esters is 1. The number of halogens is 2. The molecule has 24 heavy (non-hydrogen) atoms. The molecule has 1 heterocycles. The van der Waals surface area contributed by atoms with Gasteiger partial charge in [-0.1, -0.05) is 23.2 Å². The van der Waals surface area contributed by atoms with Crippen molar-refractivity contribution in [2.24, 2.45) is 0 Å². The second-order valence-electron chi connectivity index (χ2n) is 4.69. The minimum absolute atomic E-state index is 0.0619. The van der Waals surface area contributed by atoms with Crippen LogP contribution in [0, 0.1) is 0 Å². The van der Waals surface area contributed by atoms with Crippen LogP contribution in [0.1, 0.15) is 29.9 Å². The van der Waals surface area contributed by atoms with Crippen molar-refractivity contribution in [1.29, 1.82) is 0 Å². The summed E-state index contributed by atoms with van der Waals surface area (Å²) in [4.78, 5) is 23.9. The lowest BCUT2D eigenvalue weighted by Crippen LogP contribution is -2.15. The van der Waals surface area contributed by atoms with Crippen molar-refractivity contribution < 1.29 is 19.1 Å². The van der Waals surface area contributed by atoms with E-state index in [1.807, 2.05) is 6.92 Å². The SMILES string of the molecule is CCOC(=O)COc1ccc(C(=O)c2ccnn2CC)c(Cl)c1Cl. The first kappa shape index (κ1) is 18.3. The molecule has 1 aromatic carbocycles. The molecule has 6 nitrogen and oxygen atoms in total. The minimum Gasteiger partial charge on any atom is -0.480 e. The van der Waals surface area contributed by atoms with Crippen molar-refractivity contribution in [2.45, 2.75) is 20.4 Å². The highest BCUT2D eigenvalue weighted by atomic mass is 35.5. The van der Waals surface area contributed by atoms with E-state index in [0.717, 1.165) is 0 Å². The van der Waals surface area contributed by atoms with Gasteiger partial charge in [0.15, 0.2) is 6.61 Å². The molecule has 8 heteroatoms. The first-order valence-electron chi connectivity index (χ1n) is 7.32. The quantitative estimate of drug-likeness (QED) is 0.551. The maximum atomic E-state index is 12.6. The molecule has 1 aromatic heterocycles. The van der Waals surface area contributed by atoms with Crippen molar-refractivity contribution in [2.75, 3.05) is 13.2 Å². The van der Waals surface area contributed by atoms with E-state index in [4.69, 9.17) is 32.7 Å². The number of aromatic nitrogens is 2. The lowest BCUT2D eigenvalue weighted by Gasteiger charge is -2.11. The number of carbonyl (C=O) groups excluding carboxylic acids is 2. The lowest BCUT2D eigenvalue weighted by molar-refractivity contribution is -0.145. The van der Waals surface area contributed by atoms with E-state index in [1.54, 1.807) is 23.9 Å². The maximum Gasteiger partial charge on any atom is 0.344 e. The van der Waals surface area contributed by atoms with Crippen molar-refractivity contribution >= 4 is 35.0 Å². The molecule has 0 fully saturated rings. The maximum absolute atomic E-state index is 12.6. The Balaban J connectivity index is 2.23. The zero-order valence-corrected chi connectivity index (χ0v) is 14.7. The zero-order valence-electron chi connectivity index (χ0n) is 13.2. The molecular weight excluding hydrogens is 355 g/mol. The number of aryl methyl sites for hydroxylation is 1. The number of benzene rings is 1. The molecule has 0 radical (unpaired) electrons. The van der Waals surface area contributed by atoms with Gasteiger partial charge in [-0.15, -0.1) is 0 Å². The summed E-state index contributed by atoms with van der Waals surface area (Å²) in [6.07, 6.45) is 1.54. The fourth-order valence-electron chi connectivity index (χ4n) is 2.07. The van der Waals surface area contributed by atoms with Crippen molar-refractivity contribution in [3.63, 3.8) is 0 Å². The number of ether oxygens (including phenoxy) is 2. The predicted octanol–water partition coefficient (Wildman–Crippen LogP) is 3.38. The molecule has 0 spiro atoms. The van der Waals surface area contributed by atoms with Crippen LogP contribution in [-0.4, -0.2) is 34.7 Å². The van der Waals surface area contributed by atoms with Gasteiger partial charge in [-0.05, 0) is 32.0 Å². The average molecular weight is 371 g/mol. The van der Waals surface area contributed by atoms with Gasteiger partial charge in [-0.25, -0.2) is 4.79 Å². The number of nitrogens with zero attached hydrogens (tertiary/aromatic N) is 2. The first-order chi connectivity index (χ1) is 11.5. The number of ketones is 1. The van der Waals surface area contributed by atoms with Crippen molar-refractivity contribution in [3.05, 3.63) is 45.7 Å². The van der Waals surface area contributed by atoms with Gasteiger partial charge in [-0.2, -0.15) is 5.10 Å². The molecule has 0 aliphatic heterocycles. The summed E-state index contributed by atoms with van der Waals surface area (Å²) in [7, 11) is 0. The van der Waals surface area contributed by atoms with Crippen LogP contribution >= 0.6 is 23.2 Å². The Hall–Kier alpha value is -2.05. The molecule has 0 saturated carbocycles. The predicted molar refractivity (Wildman–Crippen MR) is 89.9 cm³/mol. The summed E-state index contributed by atoms with van der Waals surface area (Å²) >= 11 is 12.4.